The van der Waals surface area contributed by atoms with E-state index >= 15 is 0 Å². The third-order valence-corrected chi connectivity index (χ3v) is 7.92. The van der Waals surface area contributed by atoms with Crippen LogP contribution < -0.4 is 14.4 Å². The lowest BCUT2D eigenvalue weighted by atomic mass is 10.00. The molecule has 3 aliphatic rings. The van der Waals surface area contributed by atoms with Crippen molar-refractivity contribution in [2.75, 3.05) is 31.6 Å². The summed E-state index contributed by atoms with van der Waals surface area (Å²) in [5, 5.41) is 0. The molecule has 1 aromatic heterocycles. The molecule has 31 heavy (non-hydrogen) atoms. The van der Waals surface area contributed by atoms with E-state index in [0.29, 0.717) is 49.5 Å². The first-order valence-corrected chi connectivity index (χ1v) is 11.9. The summed E-state index contributed by atoms with van der Waals surface area (Å²) >= 11 is 0. The van der Waals surface area contributed by atoms with Crippen LogP contribution in [0.4, 0.5) is 5.69 Å². The standard InChI is InChI=1S/C21H24N4O5S/c1-29-21-22-8-6-18(23-21)30-16-3-2-9-24(13-16)31(27,28)17-11-14-4-5-19(26)25-10-7-15(12-17)20(14)25/h6,8,11-12,16H,2-5,7,9-10,13H2,1H3. The van der Waals surface area contributed by atoms with Crippen LogP contribution in [0.5, 0.6) is 11.9 Å². The molecule has 5 rings (SSSR count). The molecule has 0 saturated carbocycles. The van der Waals surface area contributed by atoms with Crippen LogP contribution in [-0.4, -0.2) is 61.4 Å². The maximum atomic E-state index is 13.5. The van der Waals surface area contributed by atoms with Gasteiger partial charge in [0.1, 0.15) is 6.10 Å². The highest BCUT2D eigenvalue weighted by molar-refractivity contribution is 7.89. The molecule has 10 heteroatoms. The third kappa shape index (κ3) is 3.63. The van der Waals surface area contributed by atoms with Crippen molar-refractivity contribution in [2.45, 2.75) is 43.1 Å². The van der Waals surface area contributed by atoms with Crippen molar-refractivity contribution in [3.8, 4) is 11.9 Å². The van der Waals surface area contributed by atoms with Gasteiger partial charge < -0.3 is 14.4 Å². The fourth-order valence-corrected chi connectivity index (χ4v) is 6.22. The van der Waals surface area contributed by atoms with Gasteiger partial charge >= 0.3 is 6.01 Å². The van der Waals surface area contributed by atoms with Crippen molar-refractivity contribution >= 4 is 21.6 Å². The van der Waals surface area contributed by atoms with Crippen LogP contribution >= 0.6 is 0 Å². The molecule has 164 valence electrons. The number of piperidine rings is 1. The fourth-order valence-electron chi connectivity index (χ4n) is 4.60. The summed E-state index contributed by atoms with van der Waals surface area (Å²) < 4.78 is 39.4. The van der Waals surface area contributed by atoms with Gasteiger partial charge in [0.15, 0.2) is 0 Å². The molecule has 1 saturated heterocycles. The van der Waals surface area contributed by atoms with Crippen LogP contribution in [0.25, 0.3) is 0 Å². The molecule has 2 aromatic rings. The number of hydrogen-bond acceptors (Lipinski definition) is 7. The number of methoxy groups -OCH3 is 1. The van der Waals surface area contributed by atoms with Crippen molar-refractivity contribution in [1.82, 2.24) is 14.3 Å². The topological polar surface area (TPSA) is 102 Å². The van der Waals surface area contributed by atoms with E-state index < -0.39 is 10.0 Å². The van der Waals surface area contributed by atoms with Crippen LogP contribution in [-0.2, 0) is 27.7 Å². The Labute approximate surface area is 181 Å². The minimum atomic E-state index is -3.67. The molecule has 1 amide bonds. The van der Waals surface area contributed by atoms with E-state index in [9.17, 15) is 13.2 Å². The first-order chi connectivity index (χ1) is 15.0. The van der Waals surface area contributed by atoms with Crippen molar-refractivity contribution < 1.29 is 22.7 Å². The number of anilines is 1. The highest BCUT2D eigenvalue weighted by Gasteiger charge is 2.36. The first-order valence-electron chi connectivity index (χ1n) is 10.5. The number of sulfonamides is 1. The number of amides is 1. The number of aromatic nitrogens is 2. The van der Waals surface area contributed by atoms with Crippen molar-refractivity contribution in [3.05, 3.63) is 35.5 Å². The van der Waals surface area contributed by atoms with E-state index in [0.717, 1.165) is 23.2 Å². The molecule has 1 fully saturated rings. The Morgan fingerprint density at radius 3 is 2.74 bits per heavy atom. The second-order valence-corrected chi connectivity index (χ2v) is 9.95. The summed E-state index contributed by atoms with van der Waals surface area (Å²) in [7, 11) is -2.19. The van der Waals surface area contributed by atoms with Gasteiger partial charge in [0.05, 0.1) is 24.2 Å². The Morgan fingerprint density at radius 1 is 1.13 bits per heavy atom. The molecular weight excluding hydrogens is 420 g/mol. The minimum absolute atomic E-state index is 0.124. The zero-order chi connectivity index (χ0) is 21.6. The van der Waals surface area contributed by atoms with Gasteiger partial charge in [-0.25, -0.2) is 13.4 Å². The van der Waals surface area contributed by atoms with E-state index in [-0.39, 0.29) is 24.6 Å². The molecule has 0 aliphatic carbocycles. The molecule has 1 atom stereocenters. The van der Waals surface area contributed by atoms with Crippen LogP contribution in [0, 0.1) is 0 Å². The summed E-state index contributed by atoms with van der Waals surface area (Å²) in [6.07, 6.45) is 4.39. The number of hydrogen-bond donors (Lipinski definition) is 0. The lowest BCUT2D eigenvalue weighted by molar-refractivity contribution is -0.118. The Balaban J connectivity index is 1.38. The van der Waals surface area contributed by atoms with Gasteiger partial charge in [-0.1, -0.05) is 0 Å². The Morgan fingerprint density at radius 2 is 1.94 bits per heavy atom. The SMILES string of the molecule is COc1nccc(OC2CCCN(S(=O)(=O)c3cc4c5c(c3)CCN5C(=O)CC4)C2)n1. The zero-order valence-corrected chi connectivity index (χ0v) is 18.1. The molecule has 4 heterocycles. The molecule has 0 spiro atoms. The maximum absolute atomic E-state index is 13.5. The van der Waals surface area contributed by atoms with Crippen molar-refractivity contribution in [2.24, 2.45) is 0 Å². The van der Waals surface area contributed by atoms with Crippen molar-refractivity contribution in [1.29, 1.82) is 0 Å². The van der Waals surface area contributed by atoms with Crippen LogP contribution in [0.1, 0.15) is 30.4 Å². The molecule has 0 N–H and O–H groups in total. The maximum Gasteiger partial charge on any atom is 0.319 e. The van der Waals surface area contributed by atoms with E-state index in [1.807, 2.05) is 0 Å². The Kier molecular flexibility index (Phi) is 5.05. The number of carbonyl (C=O) groups is 1. The van der Waals surface area contributed by atoms with Gasteiger partial charge in [-0.3, -0.25) is 4.79 Å². The predicted octanol–water partition coefficient (Wildman–Crippen LogP) is 1.55. The van der Waals surface area contributed by atoms with Gasteiger partial charge in [0.25, 0.3) is 0 Å². The van der Waals surface area contributed by atoms with Crippen LogP contribution in [0.15, 0.2) is 29.3 Å². The van der Waals surface area contributed by atoms with Gasteiger partial charge in [0, 0.05) is 31.8 Å². The van der Waals surface area contributed by atoms with Crippen LogP contribution in [0.2, 0.25) is 0 Å². The number of ether oxygens (including phenoxy) is 2. The van der Waals surface area contributed by atoms with E-state index in [1.165, 1.54) is 11.4 Å². The van der Waals surface area contributed by atoms with E-state index in [4.69, 9.17) is 9.47 Å². The largest absolute Gasteiger partial charge is 0.473 e. The summed E-state index contributed by atoms with van der Waals surface area (Å²) in [4.78, 5) is 22.4. The van der Waals surface area contributed by atoms with Gasteiger partial charge in [-0.2, -0.15) is 9.29 Å². The molecule has 0 bridgehead atoms. The molecular formula is C21H24N4O5S. The van der Waals surface area contributed by atoms with Gasteiger partial charge in [0.2, 0.25) is 21.8 Å². The second-order valence-electron chi connectivity index (χ2n) is 8.01. The number of carbonyl (C=O) groups excluding carboxylic acids is 1. The number of rotatable bonds is 5. The fraction of sp³-hybridized carbons (Fsp3) is 0.476. The van der Waals surface area contributed by atoms with E-state index in [1.54, 1.807) is 29.3 Å². The average Bonchev–Trinajstić information content (AvgIpc) is 3.22. The Hall–Kier alpha value is -2.72. The monoisotopic (exact) mass is 444 g/mol. The summed E-state index contributed by atoms with van der Waals surface area (Å²) in [6, 6.07) is 5.33. The Bertz CT molecular complexity index is 1140. The lowest BCUT2D eigenvalue weighted by Crippen LogP contribution is -2.44. The summed E-state index contributed by atoms with van der Waals surface area (Å²) in [5.41, 5.74) is 2.82. The van der Waals surface area contributed by atoms with Gasteiger partial charge in [-0.05, 0) is 48.9 Å². The summed E-state index contributed by atoms with van der Waals surface area (Å²) in [6.45, 7) is 1.34. The molecule has 0 radical (unpaired) electrons. The highest BCUT2D eigenvalue weighted by atomic mass is 32.2. The van der Waals surface area contributed by atoms with E-state index in [2.05, 4.69) is 9.97 Å². The zero-order valence-electron chi connectivity index (χ0n) is 17.3. The second kappa shape index (κ2) is 7.76. The van der Waals surface area contributed by atoms with Gasteiger partial charge in [-0.15, -0.1) is 0 Å². The third-order valence-electron chi connectivity index (χ3n) is 6.08. The minimum Gasteiger partial charge on any atom is -0.473 e. The number of aryl methyl sites for hydroxylation is 1. The molecule has 1 unspecified atom stereocenters. The quantitative estimate of drug-likeness (QED) is 0.690. The van der Waals surface area contributed by atoms with Crippen molar-refractivity contribution in [3.63, 3.8) is 0 Å². The molecule has 1 aromatic carbocycles. The highest BCUT2D eigenvalue weighted by Crippen LogP contribution is 2.39. The predicted molar refractivity (Wildman–Crippen MR) is 112 cm³/mol. The first kappa shape index (κ1) is 20.2. The smallest absolute Gasteiger partial charge is 0.319 e. The summed E-state index contributed by atoms with van der Waals surface area (Å²) in [5.74, 6) is 0.488. The number of benzene rings is 1. The normalized spacial score (nSPS) is 21.1. The lowest BCUT2D eigenvalue weighted by Gasteiger charge is -2.32. The molecule has 3 aliphatic heterocycles. The molecule has 9 nitrogen and oxygen atoms in total. The average molecular weight is 445 g/mol. The number of nitrogens with zero attached hydrogens (tertiary/aromatic N) is 4. The van der Waals surface area contributed by atoms with Crippen LogP contribution in [0.3, 0.4) is 0 Å².